The van der Waals surface area contributed by atoms with Crippen LogP contribution in [0.1, 0.15) is 12.8 Å². The summed E-state index contributed by atoms with van der Waals surface area (Å²) in [5, 5.41) is 10.7. The van der Waals surface area contributed by atoms with Crippen LogP contribution in [0.5, 0.6) is 5.75 Å². The molecule has 2 rings (SSSR count). The van der Waals surface area contributed by atoms with Crippen LogP contribution in [-0.2, 0) is 0 Å². The van der Waals surface area contributed by atoms with Crippen molar-refractivity contribution >= 4 is 17.3 Å². The van der Waals surface area contributed by atoms with Gasteiger partial charge in [0.05, 0.1) is 9.95 Å². The Balaban J connectivity index is 2.07. The highest BCUT2D eigenvalue weighted by Crippen LogP contribution is 2.32. The molecule has 86 valence electrons. The highest BCUT2D eigenvalue weighted by molar-refractivity contribution is 6.32. The third kappa shape index (κ3) is 2.25. The molecule has 1 aromatic rings. The molecule has 16 heavy (non-hydrogen) atoms. The fourth-order valence-electron chi connectivity index (χ4n) is 1.58. The quantitative estimate of drug-likeness (QED) is 0.650. The molecule has 1 aliphatic carbocycles. The van der Waals surface area contributed by atoms with Gasteiger partial charge in [0.2, 0.25) is 0 Å². The molecule has 6 heteroatoms. The van der Waals surface area contributed by atoms with E-state index >= 15 is 0 Å². The number of rotatable bonds is 3. The lowest BCUT2D eigenvalue weighted by Crippen LogP contribution is -2.43. The van der Waals surface area contributed by atoms with Gasteiger partial charge < -0.3 is 10.5 Å². The van der Waals surface area contributed by atoms with Crippen molar-refractivity contribution in [1.29, 1.82) is 0 Å². The fourth-order valence-corrected chi connectivity index (χ4v) is 1.80. The van der Waals surface area contributed by atoms with E-state index in [2.05, 4.69) is 0 Å². The Hall–Kier alpha value is -1.33. The van der Waals surface area contributed by atoms with Crippen molar-refractivity contribution in [3.63, 3.8) is 0 Å². The lowest BCUT2D eigenvalue weighted by atomic mass is 9.90. The smallest absolute Gasteiger partial charge is 0.271 e. The lowest BCUT2D eigenvalue weighted by Gasteiger charge is -2.32. The normalized spacial score (nSPS) is 23.6. The summed E-state index contributed by atoms with van der Waals surface area (Å²) in [7, 11) is 0. The molecule has 0 radical (unpaired) electrons. The zero-order chi connectivity index (χ0) is 11.7. The van der Waals surface area contributed by atoms with Crippen LogP contribution in [0.4, 0.5) is 5.69 Å². The zero-order valence-corrected chi connectivity index (χ0v) is 9.18. The van der Waals surface area contributed by atoms with Crippen molar-refractivity contribution in [2.45, 2.75) is 25.0 Å². The highest BCUT2D eigenvalue weighted by Gasteiger charge is 2.28. The average Bonchev–Trinajstić information content (AvgIpc) is 2.18. The molecule has 0 unspecified atom stereocenters. The van der Waals surface area contributed by atoms with Crippen molar-refractivity contribution in [2.75, 3.05) is 0 Å². The maximum Gasteiger partial charge on any atom is 0.271 e. The maximum atomic E-state index is 10.5. The van der Waals surface area contributed by atoms with Gasteiger partial charge >= 0.3 is 0 Å². The number of nitro groups is 1. The second kappa shape index (κ2) is 4.27. The standard InChI is InChI=1S/C10H11ClN2O3/c11-9-5-7(13(14)15)1-2-10(9)16-8-3-6(12)4-8/h1-2,5-6,8H,3-4,12H2. The van der Waals surface area contributed by atoms with Gasteiger partial charge in [-0.3, -0.25) is 10.1 Å². The van der Waals surface area contributed by atoms with Gasteiger partial charge in [-0.1, -0.05) is 11.6 Å². The summed E-state index contributed by atoms with van der Waals surface area (Å²) in [5.74, 6) is 0.476. The Kier molecular flexibility index (Phi) is 2.98. The van der Waals surface area contributed by atoms with Gasteiger partial charge in [0.25, 0.3) is 5.69 Å². The SMILES string of the molecule is NC1CC(Oc2ccc([N+](=O)[O-])cc2Cl)C1. The van der Waals surface area contributed by atoms with Crippen LogP contribution in [0.15, 0.2) is 18.2 Å². The average molecular weight is 243 g/mol. The monoisotopic (exact) mass is 242 g/mol. The van der Waals surface area contributed by atoms with E-state index in [1.165, 1.54) is 18.2 Å². The van der Waals surface area contributed by atoms with E-state index in [4.69, 9.17) is 22.1 Å². The van der Waals surface area contributed by atoms with E-state index in [9.17, 15) is 10.1 Å². The van der Waals surface area contributed by atoms with E-state index in [1.807, 2.05) is 0 Å². The molecular weight excluding hydrogens is 232 g/mol. The van der Waals surface area contributed by atoms with Gasteiger partial charge in [-0.2, -0.15) is 0 Å². The number of nitro benzene ring substituents is 1. The van der Waals surface area contributed by atoms with Gasteiger partial charge in [-0.05, 0) is 18.9 Å². The van der Waals surface area contributed by atoms with Gasteiger partial charge in [0.1, 0.15) is 11.9 Å². The Morgan fingerprint density at radius 3 is 2.69 bits per heavy atom. The molecule has 0 aliphatic heterocycles. The Morgan fingerprint density at radius 2 is 2.19 bits per heavy atom. The molecule has 1 fully saturated rings. The Labute approximate surface area is 97.3 Å². The molecule has 1 aliphatic rings. The molecule has 0 spiro atoms. The number of nitrogens with two attached hydrogens (primary N) is 1. The minimum absolute atomic E-state index is 0.0392. The number of halogens is 1. The number of nitrogens with zero attached hydrogens (tertiary/aromatic N) is 1. The van der Waals surface area contributed by atoms with Crippen LogP contribution in [0.2, 0.25) is 5.02 Å². The third-order valence-electron chi connectivity index (χ3n) is 2.55. The van der Waals surface area contributed by atoms with Gasteiger partial charge in [0.15, 0.2) is 0 Å². The summed E-state index contributed by atoms with van der Waals surface area (Å²) in [6, 6.07) is 4.38. The van der Waals surface area contributed by atoms with Gasteiger partial charge in [-0.15, -0.1) is 0 Å². The predicted molar refractivity (Wildman–Crippen MR) is 59.7 cm³/mol. The molecule has 5 nitrogen and oxygen atoms in total. The first-order valence-corrected chi connectivity index (χ1v) is 5.30. The summed E-state index contributed by atoms with van der Waals surface area (Å²) < 4.78 is 5.55. The van der Waals surface area contributed by atoms with Crippen molar-refractivity contribution in [3.05, 3.63) is 33.3 Å². The van der Waals surface area contributed by atoms with Crippen LogP contribution < -0.4 is 10.5 Å². The van der Waals surface area contributed by atoms with Crippen LogP contribution in [0, 0.1) is 10.1 Å². The summed E-state index contributed by atoms with van der Waals surface area (Å²) in [6.07, 6.45) is 1.68. The maximum absolute atomic E-state index is 10.5. The molecule has 0 heterocycles. The first-order valence-electron chi connectivity index (χ1n) is 4.92. The molecular formula is C10H11ClN2O3. The van der Waals surface area contributed by atoms with Crippen LogP contribution in [-0.4, -0.2) is 17.1 Å². The van der Waals surface area contributed by atoms with Crippen molar-refractivity contribution in [3.8, 4) is 5.75 Å². The number of non-ortho nitro benzene ring substituents is 1. The predicted octanol–water partition coefficient (Wildman–Crippen LogP) is 2.12. The third-order valence-corrected chi connectivity index (χ3v) is 2.85. The number of benzene rings is 1. The first kappa shape index (κ1) is 11.2. The number of hydrogen-bond donors (Lipinski definition) is 1. The van der Waals surface area contributed by atoms with Gasteiger partial charge in [-0.25, -0.2) is 0 Å². The topological polar surface area (TPSA) is 78.4 Å². The zero-order valence-electron chi connectivity index (χ0n) is 8.43. The fraction of sp³-hybridized carbons (Fsp3) is 0.400. The highest BCUT2D eigenvalue weighted by atomic mass is 35.5. The molecule has 0 aromatic heterocycles. The van der Waals surface area contributed by atoms with Crippen molar-refractivity contribution < 1.29 is 9.66 Å². The lowest BCUT2D eigenvalue weighted by molar-refractivity contribution is -0.384. The number of ether oxygens (including phenoxy) is 1. The summed E-state index contributed by atoms with van der Waals surface area (Å²) in [4.78, 5) is 10.00. The number of hydrogen-bond acceptors (Lipinski definition) is 4. The molecule has 0 atom stereocenters. The summed E-state index contributed by atoms with van der Waals surface area (Å²) in [5.41, 5.74) is 5.58. The van der Waals surface area contributed by atoms with Crippen molar-refractivity contribution in [2.24, 2.45) is 5.73 Å². The van der Waals surface area contributed by atoms with E-state index in [0.29, 0.717) is 5.75 Å². The van der Waals surface area contributed by atoms with Crippen LogP contribution in [0.25, 0.3) is 0 Å². The minimum atomic E-state index is -0.491. The molecule has 1 aromatic carbocycles. The molecule has 0 bridgehead atoms. The van der Waals surface area contributed by atoms with E-state index < -0.39 is 4.92 Å². The molecule has 0 saturated heterocycles. The van der Waals surface area contributed by atoms with Crippen LogP contribution in [0.3, 0.4) is 0 Å². The molecule has 1 saturated carbocycles. The van der Waals surface area contributed by atoms with E-state index in [1.54, 1.807) is 0 Å². The van der Waals surface area contributed by atoms with E-state index in [0.717, 1.165) is 12.8 Å². The summed E-state index contributed by atoms with van der Waals surface area (Å²) >= 11 is 5.87. The minimum Gasteiger partial charge on any atom is -0.489 e. The van der Waals surface area contributed by atoms with Crippen LogP contribution >= 0.6 is 11.6 Å². The summed E-state index contributed by atoms with van der Waals surface area (Å²) in [6.45, 7) is 0. The van der Waals surface area contributed by atoms with E-state index in [-0.39, 0.29) is 22.9 Å². The largest absolute Gasteiger partial charge is 0.489 e. The molecule has 0 amide bonds. The second-order valence-electron chi connectivity index (χ2n) is 3.84. The second-order valence-corrected chi connectivity index (χ2v) is 4.25. The van der Waals surface area contributed by atoms with Gasteiger partial charge in [0, 0.05) is 18.2 Å². The Bertz CT molecular complexity index is 419. The molecule has 2 N–H and O–H groups in total. The van der Waals surface area contributed by atoms with Crippen molar-refractivity contribution in [1.82, 2.24) is 0 Å². The first-order chi connectivity index (χ1) is 7.56. The Morgan fingerprint density at radius 1 is 1.50 bits per heavy atom.